The number of nitrogen functional groups attached to an aromatic ring is 1. The normalized spacial score (nSPS) is 17.2. The van der Waals surface area contributed by atoms with Crippen LogP contribution in [-0.2, 0) is 0 Å². The zero-order valence-corrected chi connectivity index (χ0v) is 12.9. The average molecular weight is 304 g/mol. The number of rotatable bonds is 4. The van der Waals surface area contributed by atoms with Crippen molar-refractivity contribution in [1.29, 1.82) is 0 Å². The van der Waals surface area contributed by atoms with Gasteiger partial charge in [-0.2, -0.15) is 0 Å². The van der Waals surface area contributed by atoms with Crippen molar-refractivity contribution >= 4 is 33.1 Å². The Morgan fingerprint density at radius 3 is 3.00 bits per heavy atom. The number of anilines is 1. The summed E-state index contributed by atoms with van der Waals surface area (Å²) < 4.78 is 0.952. The summed E-state index contributed by atoms with van der Waals surface area (Å²) in [7, 11) is 0. The number of fused-ring (bicyclic) bond motifs is 1. The lowest BCUT2D eigenvalue weighted by Crippen LogP contribution is -2.40. The van der Waals surface area contributed by atoms with Gasteiger partial charge >= 0.3 is 0 Å². The third kappa shape index (κ3) is 2.87. The maximum atomic E-state index is 12.3. The summed E-state index contributed by atoms with van der Waals surface area (Å²) in [5, 5.41) is 3.00. The molecule has 21 heavy (non-hydrogen) atoms. The molecular weight excluding hydrogens is 284 g/mol. The molecule has 112 valence electrons. The minimum atomic E-state index is -0.0958. The molecule has 5 nitrogen and oxygen atoms in total. The topological polar surface area (TPSA) is 71.2 Å². The lowest BCUT2D eigenvalue weighted by atomic mass is 10.2. The van der Waals surface area contributed by atoms with Crippen LogP contribution in [0.5, 0.6) is 0 Å². The lowest BCUT2D eigenvalue weighted by molar-refractivity contribution is 0.0945. The number of nitrogens with one attached hydrogen (secondary N) is 1. The van der Waals surface area contributed by atoms with E-state index >= 15 is 0 Å². The van der Waals surface area contributed by atoms with Gasteiger partial charge in [-0.3, -0.25) is 14.7 Å². The van der Waals surface area contributed by atoms with Crippen molar-refractivity contribution in [1.82, 2.24) is 15.2 Å². The number of thiophene rings is 1. The Labute approximate surface area is 128 Å². The van der Waals surface area contributed by atoms with Crippen LogP contribution in [0, 0.1) is 0 Å². The number of nitrogens with two attached hydrogens (primary N) is 1. The van der Waals surface area contributed by atoms with Gasteiger partial charge in [0.05, 0.1) is 10.4 Å². The van der Waals surface area contributed by atoms with E-state index in [-0.39, 0.29) is 5.91 Å². The zero-order chi connectivity index (χ0) is 14.8. The standard InChI is InChI=1S/C15H20N4OS/c1-10(19-7-2-3-8-19)9-18-15(20)14-12(16)13-11(21-14)5-4-6-17-13/h4-6,10H,2-3,7-9,16H2,1H3,(H,18,20). The molecule has 3 heterocycles. The number of likely N-dealkylation sites (tertiary alicyclic amines) is 1. The van der Waals surface area contributed by atoms with E-state index < -0.39 is 0 Å². The summed E-state index contributed by atoms with van der Waals surface area (Å²) in [5.74, 6) is -0.0958. The first kappa shape index (κ1) is 14.3. The van der Waals surface area contributed by atoms with Gasteiger partial charge in [0.2, 0.25) is 0 Å². The molecule has 1 fully saturated rings. The second-order valence-electron chi connectivity index (χ2n) is 5.50. The van der Waals surface area contributed by atoms with Gasteiger partial charge in [0.15, 0.2) is 0 Å². The second-order valence-corrected chi connectivity index (χ2v) is 6.55. The monoisotopic (exact) mass is 304 g/mol. The number of hydrogen-bond acceptors (Lipinski definition) is 5. The SMILES string of the molecule is CC(CNC(=O)c1sc2cccnc2c1N)N1CCCC1. The predicted octanol–water partition coefficient (Wildman–Crippen LogP) is 2.09. The Kier molecular flexibility index (Phi) is 4.07. The first-order valence-corrected chi connectivity index (χ1v) is 8.13. The van der Waals surface area contributed by atoms with Crippen LogP contribution in [-0.4, -0.2) is 41.5 Å². The van der Waals surface area contributed by atoms with E-state index in [9.17, 15) is 4.79 Å². The van der Waals surface area contributed by atoms with Crippen molar-refractivity contribution in [2.75, 3.05) is 25.4 Å². The molecule has 1 unspecified atom stereocenters. The van der Waals surface area contributed by atoms with Gasteiger partial charge in [-0.15, -0.1) is 11.3 Å². The zero-order valence-electron chi connectivity index (χ0n) is 12.1. The molecule has 3 N–H and O–H groups in total. The quantitative estimate of drug-likeness (QED) is 0.907. The first-order chi connectivity index (χ1) is 10.2. The molecule has 0 spiro atoms. The van der Waals surface area contributed by atoms with Crippen molar-refractivity contribution in [2.24, 2.45) is 0 Å². The molecule has 2 aromatic heterocycles. The van der Waals surface area contributed by atoms with Crippen LogP contribution in [0.3, 0.4) is 0 Å². The van der Waals surface area contributed by atoms with Crippen molar-refractivity contribution < 1.29 is 4.79 Å². The van der Waals surface area contributed by atoms with Gasteiger partial charge < -0.3 is 11.1 Å². The van der Waals surface area contributed by atoms with Crippen LogP contribution >= 0.6 is 11.3 Å². The molecule has 1 saturated heterocycles. The van der Waals surface area contributed by atoms with Crippen LogP contribution in [0.4, 0.5) is 5.69 Å². The molecule has 1 aliphatic rings. The average Bonchev–Trinajstić information content (AvgIpc) is 3.13. The summed E-state index contributed by atoms with van der Waals surface area (Å²) in [6.45, 7) is 5.07. The fourth-order valence-electron chi connectivity index (χ4n) is 2.75. The highest BCUT2D eigenvalue weighted by Gasteiger charge is 2.21. The summed E-state index contributed by atoms with van der Waals surface area (Å²) in [6.07, 6.45) is 4.21. The number of amides is 1. The Hall–Kier alpha value is -1.66. The largest absolute Gasteiger partial charge is 0.396 e. The van der Waals surface area contributed by atoms with Crippen LogP contribution in [0.25, 0.3) is 10.2 Å². The van der Waals surface area contributed by atoms with E-state index in [1.165, 1.54) is 24.2 Å². The van der Waals surface area contributed by atoms with Gasteiger partial charge in [0.25, 0.3) is 5.91 Å². The number of nitrogens with zero attached hydrogens (tertiary/aromatic N) is 2. The van der Waals surface area contributed by atoms with Crippen molar-refractivity contribution in [3.63, 3.8) is 0 Å². The minimum absolute atomic E-state index is 0.0958. The van der Waals surface area contributed by atoms with Crippen LogP contribution in [0.2, 0.25) is 0 Å². The van der Waals surface area contributed by atoms with E-state index in [0.29, 0.717) is 23.2 Å². The summed E-state index contributed by atoms with van der Waals surface area (Å²) >= 11 is 1.40. The number of carbonyl (C=O) groups excluding carboxylic acids is 1. The Morgan fingerprint density at radius 2 is 2.29 bits per heavy atom. The summed E-state index contributed by atoms with van der Waals surface area (Å²) in [5.41, 5.74) is 7.26. The maximum absolute atomic E-state index is 12.3. The molecule has 0 saturated carbocycles. The molecule has 2 aromatic rings. The van der Waals surface area contributed by atoms with E-state index in [1.54, 1.807) is 6.20 Å². The smallest absolute Gasteiger partial charge is 0.263 e. The van der Waals surface area contributed by atoms with Gasteiger partial charge in [0.1, 0.15) is 10.4 Å². The second kappa shape index (κ2) is 5.99. The lowest BCUT2D eigenvalue weighted by Gasteiger charge is -2.23. The van der Waals surface area contributed by atoms with Gasteiger partial charge in [-0.05, 0) is 45.0 Å². The predicted molar refractivity (Wildman–Crippen MR) is 86.6 cm³/mol. The van der Waals surface area contributed by atoms with Crippen molar-refractivity contribution in [2.45, 2.75) is 25.8 Å². The third-order valence-electron chi connectivity index (χ3n) is 4.01. The van der Waals surface area contributed by atoms with E-state index in [2.05, 4.69) is 22.1 Å². The molecule has 0 radical (unpaired) electrons. The molecule has 6 heteroatoms. The van der Waals surface area contributed by atoms with Crippen LogP contribution < -0.4 is 11.1 Å². The Balaban J connectivity index is 1.68. The van der Waals surface area contributed by atoms with Gasteiger partial charge in [-0.25, -0.2) is 0 Å². The molecule has 3 rings (SSSR count). The van der Waals surface area contributed by atoms with Crippen LogP contribution in [0.1, 0.15) is 29.4 Å². The Morgan fingerprint density at radius 1 is 1.52 bits per heavy atom. The molecule has 1 amide bonds. The number of aromatic nitrogens is 1. The Bertz CT molecular complexity index is 648. The van der Waals surface area contributed by atoms with Crippen molar-refractivity contribution in [3.05, 3.63) is 23.2 Å². The van der Waals surface area contributed by atoms with Gasteiger partial charge in [-0.1, -0.05) is 0 Å². The van der Waals surface area contributed by atoms with Gasteiger partial charge in [0, 0.05) is 18.8 Å². The van der Waals surface area contributed by atoms with E-state index in [1.807, 2.05) is 12.1 Å². The molecule has 0 aromatic carbocycles. The fraction of sp³-hybridized carbons (Fsp3) is 0.467. The highest BCUT2D eigenvalue weighted by atomic mass is 32.1. The summed E-state index contributed by atoms with van der Waals surface area (Å²) in [6, 6.07) is 4.16. The summed E-state index contributed by atoms with van der Waals surface area (Å²) in [4.78, 5) is 19.5. The highest BCUT2D eigenvalue weighted by molar-refractivity contribution is 7.21. The van der Waals surface area contributed by atoms with E-state index in [0.717, 1.165) is 23.3 Å². The molecular formula is C15H20N4OS. The first-order valence-electron chi connectivity index (χ1n) is 7.32. The molecule has 0 aliphatic carbocycles. The third-order valence-corrected chi connectivity index (χ3v) is 5.17. The number of pyridine rings is 1. The molecule has 0 bridgehead atoms. The van der Waals surface area contributed by atoms with Crippen LogP contribution in [0.15, 0.2) is 18.3 Å². The fourth-order valence-corrected chi connectivity index (χ4v) is 3.75. The number of hydrogen-bond donors (Lipinski definition) is 2. The highest BCUT2D eigenvalue weighted by Crippen LogP contribution is 2.31. The molecule has 1 atom stereocenters. The van der Waals surface area contributed by atoms with E-state index in [4.69, 9.17) is 5.73 Å². The maximum Gasteiger partial charge on any atom is 0.263 e. The number of carbonyl (C=O) groups is 1. The van der Waals surface area contributed by atoms with Crippen molar-refractivity contribution in [3.8, 4) is 0 Å². The molecule has 1 aliphatic heterocycles. The minimum Gasteiger partial charge on any atom is -0.396 e.